The second kappa shape index (κ2) is 10.2. The van der Waals surface area contributed by atoms with Crippen LogP contribution in [0.3, 0.4) is 0 Å². The maximum Gasteiger partial charge on any atom is 0.136 e. The first-order chi connectivity index (χ1) is 10.9. The summed E-state index contributed by atoms with van der Waals surface area (Å²) in [5, 5.41) is 4.04. The van der Waals surface area contributed by atoms with Crippen LogP contribution in [0.15, 0.2) is 73.4 Å². The SMILES string of the molecule is CC.CC.c1ccn2ccnc2c1.c1ccn2nccc2c1. The van der Waals surface area contributed by atoms with Crippen LogP contribution in [-0.2, 0) is 0 Å². The van der Waals surface area contributed by atoms with Crippen molar-refractivity contribution in [3.8, 4) is 0 Å². The first-order valence-electron chi connectivity index (χ1n) is 7.69. The molecule has 0 unspecified atom stereocenters. The molecule has 0 bridgehead atoms. The fraction of sp³-hybridized carbons (Fsp3) is 0.222. The van der Waals surface area contributed by atoms with Gasteiger partial charge in [-0.05, 0) is 30.3 Å². The summed E-state index contributed by atoms with van der Waals surface area (Å²) in [4.78, 5) is 4.08. The van der Waals surface area contributed by atoms with Gasteiger partial charge in [-0.25, -0.2) is 9.50 Å². The molecule has 0 saturated carbocycles. The van der Waals surface area contributed by atoms with Gasteiger partial charge < -0.3 is 4.40 Å². The lowest BCUT2D eigenvalue weighted by molar-refractivity contribution is 0.961. The molecule has 4 heteroatoms. The Morgan fingerprint density at radius 2 is 1.45 bits per heavy atom. The molecular formula is C18H24N4. The van der Waals surface area contributed by atoms with Crippen molar-refractivity contribution in [3.05, 3.63) is 73.4 Å². The van der Waals surface area contributed by atoms with Crippen LogP contribution >= 0.6 is 0 Å². The van der Waals surface area contributed by atoms with Crippen LogP contribution in [0.2, 0.25) is 0 Å². The van der Waals surface area contributed by atoms with Gasteiger partial charge in [0.05, 0.1) is 5.52 Å². The van der Waals surface area contributed by atoms with Gasteiger partial charge in [0.2, 0.25) is 0 Å². The summed E-state index contributed by atoms with van der Waals surface area (Å²) >= 11 is 0. The van der Waals surface area contributed by atoms with E-state index >= 15 is 0 Å². The first-order valence-corrected chi connectivity index (χ1v) is 7.69. The molecule has 22 heavy (non-hydrogen) atoms. The fourth-order valence-electron chi connectivity index (χ4n) is 1.73. The minimum absolute atomic E-state index is 0.998. The number of nitrogens with zero attached hydrogens (tertiary/aromatic N) is 4. The Morgan fingerprint density at radius 3 is 2.18 bits per heavy atom. The van der Waals surface area contributed by atoms with Gasteiger partial charge in [0, 0.05) is 31.0 Å². The van der Waals surface area contributed by atoms with Crippen molar-refractivity contribution >= 4 is 11.2 Å². The lowest BCUT2D eigenvalue weighted by Crippen LogP contribution is -1.81. The summed E-state index contributed by atoms with van der Waals surface area (Å²) in [5.74, 6) is 0. The molecule has 4 rings (SSSR count). The zero-order valence-electron chi connectivity index (χ0n) is 13.7. The Kier molecular flexibility index (Phi) is 8.05. The summed E-state index contributed by atoms with van der Waals surface area (Å²) in [6.07, 6.45) is 9.40. The van der Waals surface area contributed by atoms with Crippen molar-refractivity contribution < 1.29 is 0 Å². The minimum Gasteiger partial charge on any atom is -0.307 e. The highest BCUT2D eigenvalue weighted by Gasteiger charge is 1.86. The number of aromatic nitrogens is 4. The van der Waals surface area contributed by atoms with Gasteiger partial charge in [-0.15, -0.1) is 0 Å². The molecule has 0 amide bonds. The molecule has 0 radical (unpaired) electrons. The maximum absolute atomic E-state index is 4.08. The Balaban J connectivity index is 0.000000180. The molecule has 0 aliphatic heterocycles. The van der Waals surface area contributed by atoms with Crippen LogP contribution in [0.25, 0.3) is 11.2 Å². The van der Waals surface area contributed by atoms with Crippen molar-refractivity contribution in [1.29, 1.82) is 0 Å². The van der Waals surface area contributed by atoms with E-state index in [1.165, 1.54) is 0 Å². The molecule has 0 spiro atoms. The van der Waals surface area contributed by atoms with E-state index in [0.29, 0.717) is 0 Å². The summed E-state index contributed by atoms with van der Waals surface area (Å²) in [7, 11) is 0. The van der Waals surface area contributed by atoms with E-state index in [1.807, 2.05) is 97.7 Å². The molecule has 0 atom stereocenters. The van der Waals surface area contributed by atoms with Gasteiger partial charge in [-0.1, -0.05) is 39.8 Å². The summed E-state index contributed by atoms with van der Waals surface area (Å²) in [6.45, 7) is 8.00. The molecule has 4 heterocycles. The highest BCUT2D eigenvalue weighted by molar-refractivity contribution is 5.44. The average molecular weight is 296 g/mol. The average Bonchev–Trinajstić information content (AvgIpc) is 3.28. The quantitative estimate of drug-likeness (QED) is 0.470. The highest BCUT2D eigenvalue weighted by Crippen LogP contribution is 1.98. The normalized spacial score (nSPS) is 8.91. The molecule has 4 nitrogen and oxygen atoms in total. The molecule has 0 aromatic carbocycles. The second-order valence-electron chi connectivity index (χ2n) is 3.79. The van der Waals surface area contributed by atoms with Crippen molar-refractivity contribution in [2.45, 2.75) is 27.7 Å². The molecule has 0 aliphatic carbocycles. The van der Waals surface area contributed by atoms with Crippen LogP contribution in [-0.4, -0.2) is 19.0 Å². The third-order valence-electron chi connectivity index (χ3n) is 2.61. The van der Waals surface area contributed by atoms with Gasteiger partial charge in [0.15, 0.2) is 0 Å². The highest BCUT2D eigenvalue weighted by atomic mass is 15.2. The number of fused-ring (bicyclic) bond motifs is 2. The molecule has 0 aliphatic rings. The summed E-state index contributed by atoms with van der Waals surface area (Å²) < 4.78 is 3.81. The summed E-state index contributed by atoms with van der Waals surface area (Å²) in [5.41, 5.74) is 2.13. The van der Waals surface area contributed by atoms with Crippen LogP contribution in [0.1, 0.15) is 27.7 Å². The van der Waals surface area contributed by atoms with Crippen LogP contribution in [0.5, 0.6) is 0 Å². The molecule has 116 valence electrons. The van der Waals surface area contributed by atoms with E-state index in [1.54, 1.807) is 12.4 Å². The van der Waals surface area contributed by atoms with Crippen molar-refractivity contribution in [2.24, 2.45) is 0 Å². The zero-order chi connectivity index (χ0) is 16.2. The zero-order valence-corrected chi connectivity index (χ0v) is 13.7. The van der Waals surface area contributed by atoms with Crippen LogP contribution < -0.4 is 0 Å². The lowest BCUT2D eigenvalue weighted by atomic mass is 10.4. The van der Waals surface area contributed by atoms with Crippen LogP contribution in [0.4, 0.5) is 0 Å². The van der Waals surface area contributed by atoms with Crippen molar-refractivity contribution in [1.82, 2.24) is 19.0 Å². The predicted octanol–water partition coefficient (Wildman–Crippen LogP) is 4.72. The Bertz CT molecular complexity index is 629. The molecule has 4 aromatic rings. The molecule has 0 fully saturated rings. The van der Waals surface area contributed by atoms with E-state index in [0.717, 1.165) is 11.2 Å². The number of hydrogen-bond acceptors (Lipinski definition) is 2. The van der Waals surface area contributed by atoms with E-state index < -0.39 is 0 Å². The monoisotopic (exact) mass is 296 g/mol. The fourth-order valence-corrected chi connectivity index (χ4v) is 1.73. The minimum atomic E-state index is 0.998. The number of imidazole rings is 1. The molecule has 4 aromatic heterocycles. The van der Waals surface area contributed by atoms with Crippen molar-refractivity contribution in [3.63, 3.8) is 0 Å². The second-order valence-corrected chi connectivity index (χ2v) is 3.79. The predicted molar refractivity (Wildman–Crippen MR) is 93.1 cm³/mol. The first kappa shape index (κ1) is 17.4. The molecular weight excluding hydrogens is 272 g/mol. The van der Waals surface area contributed by atoms with Gasteiger partial charge in [-0.2, -0.15) is 5.10 Å². The smallest absolute Gasteiger partial charge is 0.136 e. The van der Waals surface area contributed by atoms with Gasteiger partial charge >= 0.3 is 0 Å². The van der Waals surface area contributed by atoms with E-state index in [-0.39, 0.29) is 0 Å². The Hall–Kier alpha value is -2.62. The Labute approximate surface area is 132 Å². The summed E-state index contributed by atoms with van der Waals surface area (Å²) in [6, 6.07) is 13.9. The maximum atomic E-state index is 4.08. The standard InChI is InChI=1S/2C7H6N2.2C2H6/c1-2-6-9-7(3-1)4-5-8-9;1-2-5-9-6-4-8-7(9)3-1;2*1-2/h2*1-6H;2*1-2H3. The molecule has 0 saturated heterocycles. The van der Waals surface area contributed by atoms with E-state index in [2.05, 4.69) is 10.1 Å². The van der Waals surface area contributed by atoms with Gasteiger partial charge in [0.1, 0.15) is 5.65 Å². The largest absolute Gasteiger partial charge is 0.307 e. The van der Waals surface area contributed by atoms with Gasteiger partial charge in [-0.3, -0.25) is 0 Å². The van der Waals surface area contributed by atoms with Crippen molar-refractivity contribution in [2.75, 3.05) is 0 Å². The molecule has 0 N–H and O–H groups in total. The van der Waals surface area contributed by atoms with Crippen LogP contribution in [0, 0.1) is 0 Å². The van der Waals surface area contributed by atoms with E-state index in [9.17, 15) is 0 Å². The Morgan fingerprint density at radius 1 is 0.727 bits per heavy atom. The van der Waals surface area contributed by atoms with Gasteiger partial charge in [0.25, 0.3) is 0 Å². The number of pyridine rings is 2. The third kappa shape index (κ3) is 4.74. The third-order valence-corrected chi connectivity index (χ3v) is 2.61. The topological polar surface area (TPSA) is 34.6 Å². The van der Waals surface area contributed by atoms with E-state index in [4.69, 9.17) is 0 Å². The number of rotatable bonds is 0. The lowest BCUT2D eigenvalue weighted by Gasteiger charge is -1.86. The number of hydrogen-bond donors (Lipinski definition) is 0.